The van der Waals surface area contributed by atoms with Crippen LogP contribution in [0.1, 0.15) is 17.5 Å². The van der Waals surface area contributed by atoms with Gasteiger partial charge in [0.05, 0.1) is 31.0 Å². The van der Waals surface area contributed by atoms with E-state index in [1.807, 2.05) is 55.5 Å². The first kappa shape index (κ1) is 16.3. The zero-order valence-corrected chi connectivity index (χ0v) is 14.7. The van der Waals surface area contributed by atoms with Crippen LogP contribution in [-0.4, -0.2) is 25.8 Å². The predicted octanol–water partition coefficient (Wildman–Crippen LogP) is 4.88. The van der Waals surface area contributed by atoms with E-state index in [1.165, 1.54) is 0 Å². The highest BCUT2D eigenvalue weighted by Crippen LogP contribution is 2.30. The number of hydrogen-bond acceptors (Lipinski definition) is 5. The van der Waals surface area contributed by atoms with Gasteiger partial charge in [0.2, 0.25) is 0 Å². The van der Waals surface area contributed by atoms with Gasteiger partial charge in [-0.05, 0) is 48.9 Å². The predicted molar refractivity (Wildman–Crippen MR) is 99.3 cm³/mol. The van der Waals surface area contributed by atoms with Crippen molar-refractivity contribution in [2.24, 2.45) is 0 Å². The summed E-state index contributed by atoms with van der Waals surface area (Å²) in [5.41, 5.74) is 2.01. The third-order valence-corrected chi connectivity index (χ3v) is 4.50. The van der Waals surface area contributed by atoms with E-state index >= 15 is 0 Å². The molecule has 0 N–H and O–H groups in total. The van der Waals surface area contributed by atoms with Crippen molar-refractivity contribution in [1.29, 1.82) is 0 Å². The van der Waals surface area contributed by atoms with Crippen molar-refractivity contribution in [3.8, 4) is 17.2 Å². The second-order valence-electron chi connectivity index (χ2n) is 5.06. The lowest BCUT2D eigenvalue weighted by atomic mass is 10.2. The van der Waals surface area contributed by atoms with Crippen LogP contribution in [-0.2, 0) is 0 Å². The molecule has 3 aromatic rings. The van der Waals surface area contributed by atoms with Crippen molar-refractivity contribution >= 4 is 33.7 Å². The monoisotopic (exact) mass is 341 g/mol. The summed E-state index contributed by atoms with van der Waals surface area (Å²) in [6, 6.07) is 11.8. The molecule has 5 heteroatoms. The summed E-state index contributed by atoms with van der Waals surface area (Å²) in [4.78, 5) is 4.61. The van der Waals surface area contributed by atoms with Gasteiger partial charge >= 0.3 is 0 Å². The minimum atomic E-state index is 0.612. The molecule has 0 aliphatic carbocycles. The van der Waals surface area contributed by atoms with E-state index in [-0.39, 0.29) is 0 Å². The second-order valence-corrected chi connectivity index (χ2v) is 6.12. The Balaban J connectivity index is 1.85. The SMILES string of the molecule is CCOc1ccc(C=Cc2nc3ccc(OC)cc3s2)cc1OC. The lowest BCUT2D eigenvalue weighted by molar-refractivity contribution is 0.311. The summed E-state index contributed by atoms with van der Waals surface area (Å²) in [5.74, 6) is 2.33. The minimum Gasteiger partial charge on any atom is -0.497 e. The summed E-state index contributed by atoms with van der Waals surface area (Å²) in [5, 5.41) is 0.950. The maximum absolute atomic E-state index is 5.54. The molecule has 3 rings (SSSR count). The molecule has 0 aliphatic heterocycles. The van der Waals surface area contributed by atoms with Gasteiger partial charge in [-0.1, -0.05) is 12.1 Å². The molecule has 0 spiro atoms. The van der Waals surface area contributed by atoms with Gasteiger partial charge in [-0.2, -0.15) is 0 Å². The van der Waals surface area contributed by atoms with Gasteiger partial charge in [-0.3, -0.25) is 0 Å². The molecule has 1 aromatic heterocycles. The zero-order chi connectivity index (χ0) is 16.9. The van der Waals surface area contributed by atoms with Crippen molar-refractivity contribution in [3.63, 3.8) is 0 Å². The fourth-order valence-corrected chi connectivity index (χ4v) is 3.25. The Hall–Kier alpha value is -2.53. The molecule has 124 valence electrons. The first-order chi connectivity index (χ1) is 11.7. The standard InChI is InChI=1S/C19H19NO3S/c1-4-23-16-9-5-13(11-17(16)22-3)6-10-19-20-15-8-7-14(21-2)12-18(15)24-19/h5-12H,4H2,1-3H3. The van der Waals surface area contributed by atoms with E-state index in [1.54, 1.807) is 25.6 Å². The average molecular weight is 341 g/mol. The number of ether oxygens (including phenoxy) is 3. The van der Waals surface area contributed by atoms with Crippen LogP contribution in [0, 0.1) is 0 Å². The van der Waals surface area contributed by atoms with Crippen LogP contribution in [0.15, 0.2) is 36.4 Å². The lowest BCUT2D eigenvalue weighted by Gasteiger charge is -2.09. The van der Waals surface area contributed by atoms with E-state index in [2.05, 4.69) is 4.98 Å². The molecule has 0 aliphatic rings. The number of methoxy groups -OCH3 is 2. The second kappa shape index (κ2) is 7.36. The van der Waals surface area contributed by atoms with Crippen LogP contribution in [0.4, 0.5) is 0 Å². The van der Waals surface area contributed by atoms with Gasteiger partial charge in [0, 0.05) is 0 Å². The molecule has 0 saturated heterocycles. The van der Waals surface area contributed by atoms with Crippen LogP contribution in [0.25, 0.3) is 22.4 Å². The molecule has 24 heavy (non-hydrogen) atoms. The highest BCUT2D eigenvalue weighted by molar-refractivity contribution is 7.19. The Morgan fingerprint density at radius 1 is 1.00 bits per heavy atom. The Kier molecular flexibility index (Phi) is 5.01. The quantitative estimate of drug-likeness (QED) is 0.640. The van der Waals surface area contributed by atoms with Crippen molar-refractivity contribution in [2.45, 2.75) is 6.92 Å². The highest BCUT2D eigenvalue weighted by Gasteiger charge is 2.05. The van der Waals surface area contributed by atoms with E-state index in [9.17, 15) is 0 Å². The molecule has 0 unspecified atom stereocenters. The Morgan fingerprint density at radius 2 is 1.88 bits per heavy atom. The third kappa shape index (κ3) is 3.51. The Labute approximate surface area is 145 Å². The highest BCUT2D eigenvalue weighted by atomic mass is 32.1. The smallest absolute Gasteiger partial charge is 0.161 e. The molecular formula is C19H19NO3S. The van der Waals surface area contributed by atoms with E-state index in [4.69, 9.17) is 14.2 Å². The van der Waals surface area contributed by atoms with Crippen LogP contribution >= 0.6 is 11.3 Å². The topological polar surface area (TPSA) is 40.6 Å². The number of nitrogens with zero attached hydrogens (tertiary/aromatic N) is 1. The maximum atomic E-state index is 5.54. The molecule has 0 atom stereocenters. The van der Waals surface area contributed by atoms with Crippen LogP contribution in [0.3, 0.4) is 0 Å². The van der Waals surface area contributed by atoms with Crippen LogP contribution < -0.4 is 14.2 Å². The fraction of sp³-hybridized carbons (Fsp3) is 0.211. The summed E-state index contributed by atoms with van der Waals surface area (Å²) < 4.78 is 17.3. The third-order valence-electron chi connectivity index (χ3n) is 3.52. The number of rotatable bonds is 6. The largest absolute Gasteiger partial charge is 0.497 e. The molecule has 1 heterocycles. The normalized spacial score (nSPS) is 11.1. The summed E-state index contributed by atoms with van der Waals surface area (Å²) in [6.07, 6.45) is 4.03. The summed E-state index contributed by atoms with van der Waals surface area (Å²) in [6.45, 7) is 2.57. The molecule has 0 fully saturated rings. The van der Waals surface area contributed by atoms with Crippen molar-refractivity contribution in [1.82, 2.24) is 4.98 Å². The van der Waals surface area contributed by atoms with E-state index in [0.29, 0.717) is 6.61 Å². The molecule has 0 saturated carbocycles. The van der Waals surface area contributed by atoms with Gasteiger partial charge < -0.3 is 14.2 Å². The summed E-state index contributed by atoms with van der Waals surface area (Å²) >= 11 is 1.63. The number of hydrogen-bond donors (Lipinski definition) is 0. The van der Waals surface area contributed by atoms with Gasteiger partial charge in [-0.15, -0.1) is 11.3 Å². The van der Waals surface area contributed by atoms with E-state index < -0.39 is 0 Å². The van der Waals surface area contributed by atoms with Crippen molar-refractivity contribution < 1.29 is 14.2 Å². The van der Waals surface area contributed by atoms with E-state index in [0.717, 1.165) is 38.0 Å². The summed E-state index contributed by atoms with van der Waals surface area (Å²) in [7, 11) is 3.31. The molecular weight excluding hydrogens is 322 g/mol. The zero-order valence-electron chi connectivity index (χ0n) is 13.9. The number of thiazole rings is 1. The van der Waals surface area contributed by atoms with Gasteiger partial charge in [0.25, 0.3) is 0 Å². The lowest BCUT2D eigenvalue weighted by Crippen LogP contribution is -1.95. The van der Waals surface area contributed by atoms with Crippen LogP contribution in [0.2, 0.25) is 0 Å². The minimum absolute atomic E-state index is 0.612. The molecule has 4 nitrogen and oxygen atoms in total. The first-order valence-corrected chi connectivity index (χ1v) is 8.48. The Morgan fingerprint density at radius 3 is 2.62 bits per heavy atom. The van der Waals surface area contributed by atoms with Gasteiger partial charge in [0.1, 0.15) is 10.8 Å². The number of fused-ring (bicyclic) bond motifs is 1. The first-order valence-electron chi connectivity index (χ1n) is 7.67. The molecule has 0 amide bonds. The number of aromatic nitrogens is 1. The van der Waals surface area contributed by atoms with Crippen molar-refractivity contribution in [2.75, 3.05) is 20.8 Å². The fourth-order valence-electron chi connectivity index (χ4n) is 2.35. The molecule has 0 bridgehead atoms. The van der Waals surface area contributed by atoms with Crippen molar-refractivity contribution in [3.05, 3.63) is 47.0 Å². The van der Waals surface area contributed by atoms with Crippen LogP contribution in [0.5, 0.6) is 17.2 Å². The maximum Gasteiger partial charge on any atom is 0.161 e. The Bertz CT molecular complexity index is 870. The average Bonchev–Trinajstić information content (AvgIpc) is 3.02. The van der Waals surface area contributed by atoms with Gasteiger partial charge in [-0.25, -0.2) is 4.98 Å². The number of benzene rings is 2. The molecule has 2 aromatic carbocycles. The van der Waals surface area contributed by atoms with Gasteiger partial charge in [0.15, 0.2) is 11.5 Å². The molecule has 0 radical (unpaired) electrons.